The van der Waals surface area contributed by atoms with Crippen LogP contribution in [-0.2, 0) is 19.9 Å². The van der Waals surface area contributed by atoms with E-state index in [-0.39, 0.29) is 11.4 Å². The van der Waals surface area contributed by atoms with Gasteiger partial charge < -0.3 is 5.11 Å². The van der Waals surface area contributed by atoms with Crippen molar-refractivity contribution in [2.24, 2.45) is 0 Å². The lowest BCUT2D eigenvalue weighted by Gasteiger charge is -2.06. The van der Waals surface area contributed by atoms with E-state index in [2.05, 4.69) is 0 Å². The fraction of sp³-hybridized carbons (Fsp3) is 0.250. The number of phenolic OH excluding ortho intramolecular Hbond substituents is 1. The average Bonchev–Trinajstić information content (AvgIpc) is 1.96. The lowest BCUT2D eigenvalue weighted by molar-refractivity contribution is 0.475. The van der Waals surface area contributed by atoms with Crippen molar-refractivity contribution in [3.8, 4) is 5.75 Å². The van der Waals surface area contributed by atoms with E-state index < -0.39 is 24.9 Å². The maximum absolute atomic E-state index is 11.4. The number of nitrogens with one attached hydrogen (secondary N) is 1. The molecule has 2 N–H and O–H groups in total. The van der Waals surface area contributed by atoms with E-state index in [0.29, 0.717) is 0 Å². The molecule has 0 saturated heterocycles. The minimum Gasteiger partial charge on any atom is -0.508 e. The third kappa shape index (κ3) is 4.49. The van der Waals surface area contributed by atoms with Gasteiger partial charge in [0.05, 0.1) is 5.69 Å². The van der Waals surface area contributed by atoms with E-state index in [1.165, 1.54) is 24.3 Å². The predicted molar refractivity (Wildman–Crippen MR) is 60.4 cm³/mol. The molecule has 6 nitrogen and oxygen atoms in total. The van der Waals surface area contributed by atoms with Crippen molar-refractivity contribution in [2.45, 2.75) is 0 Å². The van der Waals surface area contributed by atoms with E-state index in [9.17, 15) is 16.8 Å². The highest BCUT2D eigenvalue weighted by atomic mass is 32.3. The van der Waals surface area contributed by atoms with Crippen LogP contribution in [0.3, 0.4) is 0 Å². The fourth-order valence-electron chi connectivity index (χ4n) is 1.06. The van der Waals surface area contributed by atoms with Gasteiger partial charge in [0, 0.05) is 12.3 Å². The highest BCUT2D eigenvalue weighted by Crippen LogP contribution is 2.16. The van der Waals surface area contributed by atoms with Gasteiger partial charge in [0.2, 0.25) is 10.0 Å². The Morgan fingerprint density at radius 2 is 1.88 bits per heavy atom. The van der Waals surface area contributed by atoms with E-state index in [1.54, 1.807) is 0 Å². The zero-order chi connectivity index (χ0) is 12.4. The summed E-state index contributed by atoms with van der Waals surface area (Å²) >= 11 is 0. The van der Waals surface area contributed by atoms with Gasteiger partial charge in [-0.1, -0.05) is 6.07 Å². The predicted octanol–water partition coefficient (Wildman–Crippen LogP) is 0.136. The van der Waals surface area contributed by atoms with Gasteiger partial charge in [0.25, 0.3) is 0 Å². The van der Waals surface area contributed by atoms with Gasteiger partial charge >= 0.3 is 0 Å². The Labute approximate surface area is 93.9 Å². The van der Waals surface area contributed by atoms with Gasteiger partial charge in [0.1, 0.15) is 5.75 Å². The summed E-state index contributed by atoms with van der Waals surface area (Å²) in [7, 11) is -7.58. The maximum Gasteiger partial charge on any atom is 0.247 e. The van der Waals surface area contributed by atoms with Crippen LogP contribution in [0, 0.1) is 0 Å². The monoisotopic (exact) mass is 265 g/mol. The molecular formula is C8H11NO5S2. The van der Waals surface area contributed by atoms with Crippen molar-refractivity contribution >= 4 is 25.5 Å². The summed E-state index contributed by atoms with van der Waals surface area (Å²) in [6.07, 6.45) is 0.828. The molecule has 1 aromatic rings. The molecule has 0 atom stereocenters. The SMILES string of the molecule is CS(=O)(=O)CS(=O)(=O)Nc1cccc(O)c1. The molecule has 0 saturated carbocycles. The third-order valence-electron chi connectivity index (χ3n) is 1.49. The Morgan fingerprint density at radius 3 is 2.38 bits per heavy atom. The summed E-state index contributed by atoms with van der Waals surface area (Å²) in [6.45, 7) is 0. The molecule has 1 rings (SSSR count). The summed E-state index contributed by atoms with van der Waals surface area (Å²) in [5, 5.41) is 8.10. The van der Waals surface area contributed by atoms with Crippen molar-refractivity contribution in [1.82, 2.24) is 0 Å². The van der Waals surface area contributed by atoms with Crippen LogP contribution in [-0.4, -0.2) is 33.3 Å². The lowest BCUT2D eigenvalue weighted by Crippen LogP contribution is -2.22. The van der Waals surface area contributed by atoms with Gasteiger partial charge in [-0.3, -0.25) is 4.72 Å². The molecule has 90 valence electrons. The number of aromatic hydroxyl groups is 1. The second-order valence-electron chi connectivity index (χ2n) is 3.31. The quantitative estimate of drug-likeness (QED) is 0.806. The summed E-state index contributed by atoms with van der Waals surface area (Å²) in [5.74, 6) is -0.112. The Morgan fingerprint density at radius 1 is 1.25 bits per heavy atom. The number of hydrogen-bond acceptors (Lipinski definition) is 5. The normalized spacial score (nSPS) is 12.3. The lowest BCUT2D eigenvalue weighted by atomic mass is 10.3. The van der Waals surface area contributed by atoms with Crippen LogP contribution >= 0.6 is 0 Å². The van der Waals surface area contributed by atoms with Crippen LogP contribution in [0.5, 0.6) is 5.75 Å². The molecule has 0 aliphatic heterocycles. The topological polar surface area (TPSA) is 101 Å². The number of sulfone groups is 1. The number of hydrogen-bond donors (Lipinski definition) is 2. The van der Waals surface area contributed by atoms with E-state index in [4.69, 9.17) is 5.11 Å². The summed E-state index contributed by atoms with van der Waals surface area (Å²) in [4.78, 5) is 0. The first-order chi connectivity index (χ1) is 7.18. The molecule has 0 aromatic heterocycles. The van der Waals surface area contributed by atoms with Crippen molar-refractivity contribution in [2.75, 3.05) is 16.1 Å². The van der Waals surface area contributed by atoms with E-state index in [0.717, 1.165) is 6.26 Å². The molecule has 0 spiro atoms. The minimum absolute atomic E-state index is 0.112. The molecule has 8 heteroatoms. The van der Waals surface area contributed by atoms with E-state index >= 15 is 0 Å². The number of rotatable bonds is 4. The maximum atomic E-state index is 11.4. The summed E-state index contributed by atoms with van der Waals surface area (Å²) < 4.78 is 46.4. The first kappa shape index (κ1) is 12.8. The van der Waals surface area contributed by atoms with Crippen LogP contribution in [0.1, 0.15) is 0 Å². The van der Waals surface area contributed by atoms with Crippen molar-refractivity contribution < 1.29 is 21.9 Å². The highest BCUT2D eigenvalue weighted by molar-refractivity contribution is 8.08. The molecule has 16 heavy (non-hydrogen) atoms. The molecule has 0 radical (unpaired) electrons. The van der Waals surface area contributed by atoms with Crippen molar-refractivity contribution in [3.63, 3.8) is 0 Å². The zero-order valence-electron chi connectivity index (χ0n) is 8.41. The second-order valence-corrected chi connectivity index (χ2v) is 7.54. The highest BCUT2D eigenvalue weighted by Gasteiger charge is 2.17. The van der Waals surface area contributed by atoms with Gasteiger partial charge in [-0.25, -0.2) is 16.8 Å². The van der Waals surface area contributed by atoms with E-state index in [1.807, 2.05) is 4.72 Å². The van der Waals surface area contributed by atoms with Crippen LogP contribution < -0.4 is 4.72 Å². The minimum atomic E-state index is -3.96. The Hall–Kier alpha value is -1.28. The fourth-order valence-corrected chi connectivity index (χ4v) is 4.04. The number of benzene rings is 1. The smallest absolute Gasteiger partial charge is 0.247 e. The molecule has 0 unspecified atom stereocenters. The molecule has 0 heterocycles. The number of phenols is 1. The Kier molecular flexibility index (Phi) is 3.44. The summed E-state index contributed by atoms with van der Waals surface area (Å²) in [5.41, 5.74) is 0.114. The van der Waals surface area contributed by atoms with Gasteiger partial charge in [-0.05, 0) is 12.1 Å². The van der Waals surface area contributed by atoms with Crippen molar-refractivity contribution in [3.05, 3.63) is 24.3 Å². The molecule has 0 aliphatic carbocycles. The number of anilines is 1. The first-order valence-electron chi connectivity index (χ1n) is 4.15. The Balaban J connectivity index is 2.90. The third-order valence-corrected chi connectivity index (χ3v) is 4.99. The Bertz CT molecular complexity index is 576. The van der Waals surface area contributed by atoms with Crippen molar-refractivity contribution in [1.29, 1.82) is 0 Å². The molecule has 0 fully saturated rings. The van der Waals surface area contributed by atoms with Gasteiger partial charge in [-0.15, -0.1) is 0 Å². The first-order valence-corrected chi connectivity index (χ1v) is 7.86. The van der Waals surface area contributed by atoms with Crippen LogP contribution in [0.4, 0.5) is 5.69 Å². The molecular weight excluding hydrogens is 254 g/mol. The van der Waals surface area contributed by atoms with Crippen LogP contribution in [0.2, 0.25) is 0 Å². The zero-order valence-corrected chi connectivity index (χ0v) is 10.0. The van der Waals surface area contributed by atoms with Crippen LogP contribution in [0.25, 0.3) is 0 Å². The number of sulfonamides is 1. The summed E-state index contributed by atoms with van der Waals surface area (Å²) in [6, 6.07) is 5.39. The molecule has 0 aliphatic rings. The average molecular weight is 265 g/mol. The largest absolute Gasteiger partial charge is 0.508 e. The molecule has 0 bridgehead atoms. The van der Waals surface area contributed by atoms with Gasteiger partial charge in [0.15, 0.2) is 14.9 Å². The molecule has 1 aromatic carbocycles. The molecule has 0 amide bonds. The second kappa shape index (κ2) is 4.30. The van der Waals surface area contributed by atoms with Gasteiger partial charge in [-0.2, -0.15) is 0 Å². The van der Waals surface area contributed by atoms with Crippen LogP contribution in [0.15, 0.2) is 24.3 Å². The standard InChI is InChI=1S/C8H11NO5S2/c1-15(11,12)6-16(13,14)9-7-3-2-4-8(10)5-7/h2-5,9-10H,6H2,1H3.